The van der Waals surface area contributed by atoms with E-state index in [1.807, 2.05) is 30.3 Å². The summed E-state index contributed by atoms with van der Waals surface area (Å²) in [6.07, 6.45) is 2.58. The van der Waals surface area contributed by atoms with Crippen LogP contribution in [0.5, 0.6) is 5.75 Å². The second kappa shape index (κ2) is 12.9. The number of hydrogen-bond acceptors (Lipinski definition) is 7. The van der Waals surface area contributed by atoms with Crippen molar-refractivity contribution in [3.63, 3.8) is 0 Å². The van der Waals surface area contributed by atoms with E-state index < -0.39 is 29.4 Å². The molecule has 0 aliphatic heterocycles. The van der Waals surface area contributed by atoms with Crippen molar-refractivity contribution < 1.29 is 24.2 Å². The van der Waals surface area contributed by atoms with Crippen LogP contribution in [0.4, 0.5) is 0 Å². The summed E-state index contributed by atoms with van der Waals surface area (Å²) in [6.45, 7) is 5.35. The number of carbonyl (C=O) groups excluding carboxylic acids is 2. The van der Waals surface area contributed by atoms with Crippen molar-refractivity contribution in [3.8, 4) is 17.0 Å². The number of amides is 2. The molecule has 11 heteroatoms. The number of carboxylic acid groups (broad SMARTS) is 1. The van der Waals surface area contributed by atoms with Crippen molar-refractivity contribution in [2.45, 2.75) is 45.3 Å². The molecule has 0 unspecified atom stereocenters. The molecular weight excluding hydrogens is 560 g/mol. The van der Waals surface area contributed by atoms with Crippen LogP contribution in [0.1, 0.15) is 61.8 Å². The van der Waals surface area contributed by atoms with Crippen molar-refractivity contribution in [2.75, 3.05) is 7.11 Å². The van der Waals surface area contributed by atoms with Gasteiger partial charge in [0.15, 0.2) is 0 Å². The Labute approximate surface area is 255 Å². The number of nitrogens with one attached hydrogen (secondary N) is 2. The summed E-state index contributed by atoms with van der Waals surface area (Å²) in [6, 6.07) is 16.9. The van der Waals surface area contributed by atoms with E-state index in [1.165, 1.54) is 24.1 Å². The molecule has 44 heavy (non-hydrogen) atoms. The van der Waals surface area contributed by atoms with Gasteiger partial charge in [-0.2, -0.15) is 0 Å². The molecule has 7 N–H and O–H groups in total. The largest absolute Gasteiger partial charge is 0.496 e. The molecule has 0 radical (unpaired) electrons. The molecule has 0 saturated carbocycles. The molecule has 0 bridgehead atoms. The predicted molar refractivity (Wildman–Crippen MR) is 167 cm³/mol. The maximum absolute atomic E-state index is 14.4. The van der Waals surface area contributed by atoms with E-state index in [9.17, 15) is 19.5 Å². The van der Waals surface area contributed by atoms with Gasteiger partial charge in [-0.25, -0.2) is 9.78 Å². The third-order valence-corrected chi connectivity index (χ3v) is 7.76. The van der Waals surface area contributed by atoms with Crippen molar-refractivity contribution in [3.05, 3.63) is 106 Å². The van der Waals surface area contributed by atoms with Crippen molar-refractivity contribution >= 4 is 24.0 Å². The number of imidazole rings is 1. The normalized spacial score (nSPS) is 13.0. The minimum absolute atomic E-state index is 0.0222. The summed E-state index contributed by atoms with van der Waals surface area (Å²) >= 11 is 0. The number of hydrogen-bond donors (Lipinski definition) is 5. The number of methoxy groups -OCH3 is 1. The number of carboxylic acids is 1. The Bertz CT molecular complexity index is 1690. The number of nitrogens with two attached hydrogens (primary N) is 2. The Kier molecular flexibility index (Phi) is 9.29. The number of benzene rings is 3. The summed E-state index contributed by atoms with van der Waals surface area (Å²) in [5, 5.41) is 18.0. The fourth-order valence-electron chi connectivity index (χ4n) is 5.23. The Morgan fingerprint density at radius 3 is 2.34 bits per heavy atom. The van der Waals surface area contributed by atoms with Gasteiger partial charge in [-0.3, -0.25) is 9.59 Å². The molecule has 2 atom stereocenters. The lowest BCUT2D eigenvalue weighted by molar-refractivity contribution is -0.137. The standard InChI is InChI=1S/C33H36N6O5/c1-19-12-24(29(35)40)13-20(2)26(19)15-33(36,18-34)32(43)39(17-22-10-11-28(44-4)25(14-22)31(41)42)21(3)30-37-16-27(38-30)23-8-6-5-7-9-23/h5-14,16,18,21,34H,15,17,36H2,1-4H3,(H2,35,40)(H,37,38)(H,41,42)/t21-,33+/m0/s1. The molecule has 0 aliphatic carbocycles. The zero-order valence-electron chi connectivity index (χ0n) is 25.0. The highest BCUT2D eigenvalue weighted by molar-refractivity contribution is 6.03. The average Bonchev–Trinajstić information content (AvgIpc) is 3.51. The van der Waals surface area contributed by atoms with Gasteiger partial charge in [-0.15, -0.1) is 0 Å². The van der Waals surface area contributed by atoms with Gasteiger partial charge in [-0.05, 0) is 72.9 Å². The van der Waals surface area contributed by atoms with Gasteiger partial charge in [0.1, 0.15) is 22.7 Å². The van der Waals surface area contributed by atoms with Gasteiger partial charge in [0.25, 0.3) is 0 Å². The molecule has 2 amide bonds. The number of aromatic amines is 1. The number of ether oxygens (including phenoxy) is 1. The molecule has 1 heterocycles. The Balaban J connectivity index is 1.76. The molecule has 3 aromatic carbocycles. The molecule has 4 rings (SSSR count). The number of aromatic carboxylic acids is 1. The molecule has 4 aromatic rings. The molecule has 0 spiro atoms. The van der Waals surface area contributed by atoms with Crippen LogP contribution in [0, 0.1) is 19.3 Å². The van der Waals surface area contributed by atoms with Crippen LogP contribution in [0.15, 0.2) is 66.9 Å². The van der Waals surface area contributed by atoms with E-state index in [0.717, 1.165) is 17.5 Å². The van der Waals surface area contributed by atoms with Gasteiger partial charge in [0.2, 0.25) is 11.8 Å². The predicted octanol–water partition coefficient (Wildman–Crippen LogP) is 4.18. The van der Waals surface area contributed by atoms with Crippen LogP contribution in [0.2, 0.25) is 0 Å². The lowest BCUT2D eigenvalue weighted by Gasteiger charge is -2.36. The van der Waals surface area contributed by atoms with Crippen molar-refractivity contribution in [1.82, 2.24) is 14.9 Å². The number of rotatable bonds is 12. The fourth-order valence-corrected chi connectivity index (χ4v) is 5.23. The highest BCUT2D eigenvalue weighted by Crippen LogP contribution is 2.29. The van der Waals surface area contributed by atoms with Crippen LogP contribution < -0.4 is 16.2 Å². The zero-order chi connectivity index (χ0) is 32.2. The van der Waals surface area contributed by atoms with Crippen LogP contribution >= 0.6 is 0 Å². The first-order valence-electron chi connectivity index (χ1n) is 13.9. The third kappa shape index (κ3) is 6.52. The molecule has 0 saturated heterocycles. The Hall–Kier alpha value is -5.29. The van der Waals surface area contributed by atoms with E-state index >= 15 is 0 Å². The van der Waals surface area contributed by atoms with Gasteiger partial charge in [0.05, 0.1) is 25.0 Å². The number of aromatic nitrogens is 2. The fraction of sp³-hybridized carbons (Fsp3) is 0.242. The Morgan fingerprint density at radius 1 is 1.11 bits per heavy atom. The monoisotopic (exact) mass is 596 g/mol. The first kappa shape index (κ1) is 31.6. The van der Waals surface area contributed by atoms with Crippen molar-refractivity contribution in [1.29, 1.82) is 5.41 Å². The lowest BCUT2D eigenvalue weighted by Crippen LogP contribution is -2.58. The number of H-pyrrole nitrogens is 1. The summed E-state index contributed by atoms with van der Waals surface area (Å²) < 4.78 is 5.20. The molecule has 0 aliphatic rings. The first-order valence-corrected chi connectivity index (χ1v) is 13.9. The summed E-state index contributed by atoms with van der Waals surface area (Å²) in [5.74, 6) is -1.65. The summed E-state index contributed by atoms with van der Waals surface area (Å²) in [5.41, 5.74) is 15.0. The summed E-state index contributed by atoms with van der Waals surface area (Å²) in [4.78, 5) is 47.5. The van der Waals surface area contributed by atoms with Crippen molar-refractivity contribution in [2.24, 2.45) is 11.5 Å². The minimum Gasteiger partial charge on any atom is -0.496 e. The maximum Gasteiger partial charge on any atom is 0.339 e. The highest BCUT2D eigenvalue weighted by atomic mass is 16.5. The zero-order valence-corrected chi connectivity index (χ0v) is 25.0. The van der Waals surface area contributed by atoms with Crippen LogP contribution in [0.25, 0.3) is 11.3 Å². The van der Waals surface area contributed by atoms with Crippen LogP contribution in [0.3, 0.4) is 0 Å². The third-order valence-electron chi connectivity index (χ3n) is 7.76. The first-order chi connectivity index (χ1) is 20.9. The van der Waals surface area contributed by atoms with E-state index in [1.54, 1.807) is 45.2 Å². The SMILES string of the molecule is COc1ccc(CN(C(=O)[C@](N)(C=N)Cc2c(C)cc(C(N)=O)cc2C)[C@@H](C)c2ncc(-c3ccccc3)[nH]2)cc1C(=O)O. The van der Waals surface area contributed by atoms with E-state index in [-0.39, 0.29) is 24.3 Å². The maximum atomic E-state index is 14.4. The van der Waals surface area contributed by atoms with Gasteiger partial charge < -0.3 is 36.6 Å². The second-order valence-corrected chi connectivity index (χ2v) is 10.8. The van der Waals surface area contributed by atoms with Gasteiger partial charge >= 0.3 is 5.97 Å². The van der Waals surface area contributed by atoms with Crippen LogP contribution in [-0.4, -0.2) is 56.6 Å². The molecule has 11 nitrogen and oxygen atoms in total. The number of carbonyl (C=O) groups is 3. The van der Waals surface area contributed by atoms with E-state index in [0.29, 0.717) is 33.6 Å². The van der Waals surface area contributed by atoms with E-state index in [2.05, 4.69) is 9.97 Å². The highest BCUT2D eigenvalue weighted by Gasteiger charge is 2.39. The summed E-state index contributed by atoms with van der Waals surface area (Å²) in [7, 11) is 1.38. The quantitative estimate of drug-likeness (QED) is 0.152. The number of nitrogens with zero attached hydrogens (tertiary/aromatic N) is 2. The second-order valence-electron chi connectivity index (χ2n) is 10.8. The smallest absolute Gasteiger partial charge is 0.339 e. The topological polar surface area (TPSA) is 188 Å². The number of aryl methyl sites for hydroxylation is 2. The molecular formula is C33H36N6O5. The Morgan fingerprint density at radius 2 is 1.77 bits per heavy atom. The van der Waals surface area contributed by atoms with Crippen LogP contribution in [-0.2, 0) is 17.8 Å². The average molecular weight is 597 g/mol. The number of primary amides is 1. The molecule has 0 fully saturated rings. The molecule has 1 aromatic heterocycles. The van der Waals surface area contributed by atoms with Gasteiger partial charge in [-0.1, -0.05) is 36.4 Å². The van der Waals surface area contributed by atoms with E-state index in [4.69, 9.17) is 21.6 Å². The minimum atomic E-state index is -1.78. The molecule has 228 valence electrons. The lowest BCUT2D eigenvalue weighted by atomic mass is 9.85. The van der Waals surface area contributed by atoms with Gasteiger partial charge in [0, 0.05) is 24.7 Å².